The molecule has 0 spiro atoms. The summed E-state index contributed by atoms with van der Waals surface area (Å²) >= 11 is 1.69. The monoisotopic (exact) mass is 344 g/mol. The molecule has 128 valence electrons. The van der Waals surface area contributed by atoms with Gasteiger partial charge in [-0.05, 0) is 43.4 Å². The minimum atomic E-state index is 0.00832. The summed E-state index contributed by atoms with van der Waals surface area (Å²) in [5, 5.41) is 0. The van der Waals surface area contributed by atoms with Crippen molar-refractivity contribution in [3.8, 4) is 0 Å². The number of anilines is 1. The minimum absolute atomic E-state index is 0.00832. The molecule has 0 aliphatic carbocycles. The van der Waals surface area contributed by atoms with Crippen molar-refractivity contribution in [2.45, 2.75) is 19.1 Å². The number of para-hydroxylation sites is 1. The zero-order valence-corrected chi connectivity index (χ0v) is 15.1. The Bertz CT molecular complexity index is 698. The Morgan fingerprint density at radius 2 is 1.96 bits per heavy atom. The number of hydrogen-bond donors (Lipinski definition) is 0. The first kappa shape index (κ1) is 17.0. The van der Waals surface area contributed by atoms with E-state index in [1.807, 2.05) is 17.2 Å². The molecule has 1 saturated heterocycles. The topological polar surface area (TPSA) is 36.7 Å². The molecule has 0 saturated carbocycles. The molecule has 0 radical (unpaired) electrons. The highest BCUT2D eigenvalue weighted by molar-refractivity contribution is 7.97. The van der Waals surface area contributed by atoms with Gasteiger partial charge in [0, 0.05) is 31.9 Å². The summed E-state index contributed by atoms with van der Waals surface area (Å²) < 4.78 is 5.68. The predicted molar refractivity (Wildman–Crippen MR) is 99.8 cm³/mol. The van der Waals surface area contributed by atoms with E-state index in [4.69, 9.17) is 4.42 Å². The number of carbonyl (C=O) groups excluding carboxylic acids is 1. The fourth-order valence-electron chi connectivity index (χ4n) is 3.15. The normalized spacial score (nSPS) is 15.4. The third kappa shape index (κ3) is 3.78. The van der Waals surface area contributed by atoms with Crippen molar-refractivity contribution in [1.29, 1.82) is 0 Å². The van der Waals surface area contributed by atoms with Gasteiger partial charge in [0.25, 0.3) is 5.91 Å². The minimum Gasteiger partial charge on any atom is -0.455 e. The third-order valence-corrected chi connectivity index (χ3v) is 4.97. The lowest BCUT2D eigenvalue weighted by atomic mass is 10.2. The van der Waals surface area contributed by atoms with Crippen LogP contribution in [0, 0.1) is 6.92 Å². The van der Waals surface area contributed by atoms with Gasteiger partial charge < -0.3 is 14.2 Å². The van der Waals surface area contributed by atoms with Crippen LogP contribution in [0.15, 0.2) is 40.8 Å². The summed E-state index contributed by atoms with van der Waals surface area (Å²) in [4.78, 5) is 17.0. The maximum absolute atomic E-state index is 12.7. The average molecular weight is 344 g/mol. The van der Waals surface area contributed by atoms with E-state index in [-0.39, 0.29) is 5.91 Å². The molecule has 1 aromatic heterocycles. The zero-order chi connectivity index (χ0) is 16.9. The van der Waals surface area contributed by atoms with E-state index in [1.54, 1.807) is 17.8 Å². The first-order chi connectivity index (χ1) is 11.7. The summed E-state index contributed by atoms with van der Waals surface area (Å²) in [6.45, 7) is 5.48. The summed E-state index contributed by atoms with van der Waals surface area (Å²) in [5.74, 6) is 2.13. The van der Waals surface area contributed by atoms with Crippen LogP contribution in [0.5, 0.6) is 0 Å². The Morgan fingerprint density at radius 1 is 1.12 bits per heavy atom. The van der Waals surface area contributed by atoms with Crippen LogP contribution in [0.25, 0.3) is 0 Å². The molecule has 2 heterocycles. The SMILES string of the molecule is CSCc1ccc(C(=O)N2CCCN(c3ccccc3C)CC2)o1. The summed E-state index contributed by atoms with van der Waals surface area (Å²) in [6, 6.07) is 12.1. The molecule has 1 aliphatic heterocycles. The van der Waals surface area contributed by atoms with Crippen LogP contribution in [0.2, 0.25) is 0 Å². The second-order valence-corrected chi connectivity index (χ2v) is 6.98. The Labute approximate surface area is 147 Å². The molecule has 0 atom stereocenters. The van der Waals surface area contributed by atoms with Crippen molar-refractivity contribution < 1.29 is 9.21 Å². The van der Waals surface area contributed by atoms with E-state index in [9.17, 15) is 4.79 Å². The summed E-state index contributed by atoms with van der Waals surface area (Å²) in [6.07, 6.45) is 3.00. The van der Waals surface area contributed by atoms with Crippen LogP contribution in [-0.2, 0) is 5.75 Å². The largest absolute Gasteiger partial charge is 0.455 e. The van der Waals surface area contributed by atoms with Gasteiger partial charge in [0.2, 0.25) is 0 Å². The maximum Gasteiger partial charge on any atom is 0.289 e. The second-order valence-electron chi connectivity index (χ2n) is 6.12. The molecule has 0 unspecified atom stereocenters. The van der Waals surface area contributed by atoms with Gasteiger partial charge in [-0.15, -0.1) is 0 Å². The smallest absolute Gasteiger partial charge is 0.289 e. The van der Waals surface area contributed by atoms with Crippen LogP contribution in [0.4, 0.5) is 5.69 Å². The Kier molecular flexibility index (Phi) is 5.51. The van der Waals surface area contributed by atoms with Crippen LogP contribution in [-0.4, -0.2) is 43.2 Å². The maximum atomic E-state index is 12.7. The van der Waals surface area contributed by atoms with Crippen molar-refractivity contribution in [3.63, 3.8) is 0 Å². The van der Waals surface area contributed by atoms with Crippen molar-refractivity contribution >= 4 is 23.4 Å². The van der Waals surface area contributed by atoms with Gasteiger partial charge in [0.15, 0.2) is 5.76 Å². The molecule has 1 aliphatic rings. The molecule has 1 amide bonds. The van der Waals surface area contributed by atoms with Gasteiger partial charge in [-0.2, -0.15) is 11.8 Å². The van der Waals surface area contributed by atoms with Crippen LogP contribution in [0.3, 0.4) is 0 Å². The predicted octanol–water partition coefficient (Wildman–Crippen LogP) is 3.80. The number of furan rings is 1. The number of nitrogens with zero attached hydrogens (tertiary/aromatic N) is 2. The number of rotatable bonds is 4. The van der Waals surface area contributed by atoms with E-state index in [1.165, 1.54) is 11.3 Å². The molecule has 1 aromatic carbocycles. The summed E-state index contributed by atoms with van der Waals surface area (Å²) in [7, 11) is 0. The quantitative estimate of drug-likeness (QED) is 0.845. The molecule has 1 fully saturated rings. The van der Waals surface area contributed by atoms with E-state index in [0.717, 1.165) is 44.1 Å². The molecule has 0 N–H and O–H groups in total. The summed E-state index contributed by atoms with van der Waals surface area (Å²) in [5.41, 5.74) is 2.55. The number of amides is 1. The van der Waals surface area contributed by atoms with Gasteiger partial charge in [-0.3, -0.25) is 4.79 Å². The van der Waals surface area contributed by atoms with Crippen molar-refractivity contribution in [2.75, 3.05) is 37.3 Å². The van der Waals surface area contributed by atoms with E-state index in [2.05, 4.69) is 36.1 Å². The molecule has 24 heavy (non-hydrogen) atoms. The lowest BCUT2D eigenvalue weighted by Crippen LogP contribution is -2.35. The van der Waals surface area contributed by atoms with Gasteiger partial charge in [-0.1, -0.05) is 18.2 Å². The first-order valence-corrected chi connectivity index (χ1v) is 9.76. The number of carbonyl (C=O) groups is 1. The highest BCUT2D eigenvalue weighted by Gasteiger charge is 2.23. The Morgan fingerprint density at radius 3 is 2.75 bits per heavy atom. The zero-order valence-electron chi connectivity index (χ0n) is 14.3. The molecule has 3 rings (SSSR count). The number of aryl methyl sites for hydroxylation is 1. The van der Waals surface area contributed by atoms with Gasteiger partial charge >= 0.3 is 0 Å². The van der Waals surface area contributed by atoms with Gasteiger partial charge in [0.1, 0.15) is 5.76 Å². The average Bonchev–Trinajstić information content (AvgIpc) is 2.91. The van der Waals surface area contributed by atoms with E-state index >= 15 is 0 Å². The Balaban J connectivity index is 1.66. The first-order valence-electron chi connectivity index (χ1n) is 8.36. The number of hydrogen-bond acceptors (Lipinski definition) is 4. The standard InChI is InChI=1S/C19H24N2O2S/c1-15-6-3-4-7-17(15)20-10-5-11-21(13-12-20)19(22)18-9-8-16(23-18)14-24-2/h3-4,6-9H,5,10-14H2,1-2H3. The van der Waals surface area contributed by atoms with E-state index in [0.29, 0.717) is 5.76 Å². The fourth-order valence-corrected chi connectivity index (χ4v) is 3.59. The third-order valence-electron chi connectivity index (χ3n) is 4.40. The fraction of sp³-hybridized carbons (Fsp3) is 0.421. The van der Waals surface area contributed by atoms with Crippen molar-refractivity contribution in [2.24, 2.45) is 0 Å². The van der Waals surface area contributed by atoms with Crippen LogP contribution in [0.1, 0.15) is 28.3 Å². The highest BCUT2D eigenvalue weighted by Crippen LogP contribution is 2.22. The lowest BCUT2D eigenvalue weighted by Gasteiger charge is -2.25. The molecular formula is C19H24N2O2S. The van der Waals surface area contributed by atoms with E-state index < -0.39 is 0 Å². The Hall–Kier alpha value is -1.88. The van der Waals surface area contributed by atoms with Gasteiger partial charge in [0.05, 0.1) is 5.75 Å². The van der Waals surface area contributed by atoms with Crippen molar-refractivity contribution in [3.05, 3.63) is 53.5 Å². The van der Waals surface area contributed by atoms with Gasteiger partial charge in [-0.25, -0.2) is 0 Å². The van der Waals surface area contributed by atoms with Crippen LogP contribution < -0.4 is 4.90 Å². The molecule has 5 heteroatoms. The highest BCUT2D eigenvalue weighted by atomic mass is 32.2. The van der Waals surface area contributed by atoms with Crippen molar-refractivity contribution in [1.82, 2.24) is 4.90 Å². The molecule has 0 bridgehead atoms. The molecular weight excluding hydrogens is 320 g/mol. The second kappa shape index (κ2) is 7.79. The molecule has 2 aromatic rings. The number of thioether (sulfide) groups is 1. The van der Waals surface area contributed by atoms with Crippen LogP contribution >= 0.6 is 11.8 Å². The lowest BCUT2D eigenvalue weighted by molar-refractivity contribution is 0.0733. The molecule has 4 nitrogen and oxygen atoms in total. The number of benzene rings is 1.